The van der Waals surface area contributed by atoms with Gasteiger partial charge in [-0.25, -0.2) is 0 Å². The number of hydrogen-bond acceptors (Lipinski definition) is 1. The fourth-order valence-electron chi connectivity index (χ4n) is 4.02. The molecule has 3 heteroatoms. The van der Waals surface area contributed by atoms with Gasteiger partial charge in [0.25, 0.3) is 0 Å². The molecule has 0 saturated carbocycles. The Morgan fingerprint density at radius 3 is 2.44 bits per heavy atom. The summed E-state index contributed by atoms with van der Waals surface area (Å²) in [6.45, 7) is 3.04. The molecule has 0 aliphatic heterocycles. The molecule has 0 radical (unpaired) electrons. The Morgan fingerprint density at radius 2 is 1.64 bits per heavy atom. The van der Waals surface area contributed by atoms with Gasteiger partial charge in [0.15, 0.2) is 6.69 Å². The normalized spacial score (nSPS) is 16.8. The second kappa shape index (κ2) is 6.54. The molecule has 0 amide bonds. The van der Waals surface area contributed by atoms with E-state index in [0.717, 1.165) is 5.52 Å². The van der Waals surface area contributed by atoms with E-state index in [-0.39, 0.29) is 0 Å². The number of halogens is 1. The van der Waals surface area contributed by atoms with E-state index < -0.39 is 6.69 Å². The summed E-state index contributed by atoms with van der Waals surface area (Å²) in [7, 11) is 0. The maximum atomic E-state index is 4.70. The van der Waals surface area contributed by atoms with E-state index in [4.69, 9.17) is 4.98 Å². The van der Waals surface area contributed by atoms with Crippen molar-refractivity contribution in [3.8, 4) is 0 Å². The molecule has 0 fully saturated rings. The summed E-state index contributed by atoms with van der Waals surface area (Å²) >= 11 is 4.18. The molecule has 25 heavy (non-hydrogen) atoms. The molecule has 0 N–H and O–H groups in total. The average Bonchev–Trinajstić information content (AvgIpc) is 3.07. The van der Waals surface area contributed by atoms with Gasteiger partial charge >= 0.3 is 0 Å². The number of para-hydroxylation sites is 1. The molecule has 1 aliphatic rings. The number of aromatic nitrogens is 1. The topological polar surface area (TPSA) is 12.9 Å². The van der Waals surface area contributed by atoms with E-state index in [1.54, 1.807) is 5.20 Å². The van der Waals surface area contributed by atoms with Crippen LogP contribution >= 0.6 is 15.3 Å². The highest BCUT2D eigenvalue weighted by atomic mass is 79.9. The molecular formula is C22H22BrNSi. The zero-order chi connectivity index (χ0) is 17.4. The predicted molar refractivity (Wildman–Crippen MR) is 114 cm³/mol. The molecule has 2 aromatic carbocycles. The van der Waals surface area contributed by atoms with Gasteiger partial charge in [-0.2, -0.15) is 0 Å². The summed E-state index contributed by atoms with van der Waals surface area (Å²) < 4.78 is 0. The van der Waals surface area contributed by atoms with Crippen molar-refractivity contribution in [2.45, 2.75) is 31.9 Å². The predicted octanol–water partition coefficient (Wildman–Crippen LogP) is 6.68. The Balaban J connectivity index is 1.95. The summed E-state index contributed by atoms with van der Waals surface area (Å²) in [5.74, 6) is 0.298. The third-order valence-electron chi connectivity index (χ3n) is 5.52. The minimum atomic E-state index is -1.60. The Kier molecular flexibility index (Phi) is 4.38. The molecule has 1 nitrogen and oxygen atoms in total. The van der Waals surface area contributed by atoms with E-state index in [2.05, 4.69) is 83.7 Å². The lowest BCUT2D eigenvalue weighted by molar-refractivity contribution is 1.06. The number of hydrogen-bond donors (Lipinski definition) is 0. The van der Waals surface area contributed by atoms with Crippen LogP contribution in [0.3, 0.4) is 0 Å². The van der Waals surface area contributed by atoms with Crippen LogP contribution in [0.4, 0.5) is 0 Å². The van der Waals surface area contributed by atoms with Crippen LogP contribution in [-0.4, -0.2) is 11.7 Å². The Labute approximate surface area is 158 Å². The van der Waals surface area contributed by atoms with E-state index >= 15 is 0 Å². The van der Waals surface area contributed by atoms with Crippen molar-refractivity contribution in [1.82, 2.24) is 4.98 Å². The zero-order valence-electron chi connectivity index (χ0n) is 14.7. The van der Waals surface area contributed by atoms with Crippen molar-refractivity contribution in [2.24, 2.45) is 0 Å². The first kappa shape index (κ1) is 16.7. The Bertz CT molecular complexity index is 954. The lowest BCUT2D eigenvalue weighted by atomic mass is 9.91. The van der Waals surface area contributed by atoms with Gasteiger partial charge in [0, 0.05) is 17.5 Å². The highest BCUT2D eigenvalue weighted by Gasteiger charge is 2.37. The molecule has 0 saturated heterocycles. The zero-order valence-corrected chi connectivity index (χ0v) is 17.3. The molecule has 1 aromatic heterocycles. The quantitative estimate of drug-likeness (QED) is 0.346. The number of fused-ring (bicyclic) bond motifs is 2. The number of rotatable bonds is 4. The van der Waals surface area contributed by atoms with E-state index in [9.17, 15) is 0 Å². The smallest absolute Gasteiger partial charge is 0.160 e. The fourth-order valence-corrected chi connectivity index (χ4v) is 7.49. The summed E-state index contributed by atoms with van der Waals surface area (Å²) in [5.41, 5.74) is 5.30. The minimum absolute atomic E-state index is 0.298. The summed E-state index contributed by atoms with van der Waals surface area (Å²) in [4.78, 5) is 4.70. The van der Waals surface area contributed by atoms with Crippen LogP contribution in [0.5, 0.6) is 0 Å². The van der Waals surface area contributed by atoms with Gasteiger partial charge in [-0.3, -0.25) is 4.98 Å². The van der Waals surface area contributed by atoms with Crippen molar-refractivity contribution in [3.63, 3.8) is 0 Å². The second-order valence-corrected chi connectivity index (χ2v) is 15.2. The number of nitrogens with zero attached hydrogens (tertiary/aromatic N) is 1. The van der Waals surface area contributed by atoms with E-state index in [1.165, 1.54) is 34.2 Å². The minimum Gasteiger partial charge on any atom is -0.256 e. The van der Waals surface area contributed by atoms with Gasteiger partial charge in [-0.05, 0) is 40.0 Å². The lowest BCUT2D eigenvalue weighted by Gasteiger charge is -2.24. The second-order valence-electron chi connectivity index (χ2n) is 6.74. The molecule has 1 heterocycles. The van der Waals surface area contributed by atoms with Crippen molar-refractivity contribution in [1.29, 1.82) is 0 Å². The van der Waals surface area contributed by atoms with Crippen molar-refractivity contribution in [3.05, 3.63) is 83.6 Å². The van der Waals surface area contributed by atoms with Crippen LogP contribution in [0.2, 0.25) is 12.1 Å². The SMILES string of the molecule is CC[Si](Br)(CC)C1=CC(c2cccc3cccnc23)c2ccccc21. The molecule has 3 aromatic rings. The lowest BCUT2D eigenvalue weighted by Crippen LogP contribution is -2.25. The van der Waals surface area contributed by atoms with Crippen molar-refractivity contribution in [2.75, 3.05) is 0 Å². The first-order chi connectivity index (χ1) is 12.2. The van der Waals surface area contributed by atoms with Gasteiger partial charge in [-0.1, -0.05) is 68.5 Å². The summed E-state index contributed by atoms with van der Waals surface area (Å²) in [6.07, 6.45) is 4.42. The molecule has 1 atom stereocenters. The molecule has 4 rings (SSSR count). The highest BCUT2D eigenvalue weighted by Crippen LogP contribution is 2.48. The van der Waals surface area contributed by atoms with Crippen LogP contribution < -0.4 is 0 Å². The summed E-state index contributed by atoms with van der Waals surface area (Å²) in [6, 6.07) is 22.1. The third kappa shape index (κ3) is 2.70. The Hall–Kier alpha value is -1.71. The monoisotopic (exact) mass is 407 g/mol. The molecule has 1 unspecified atom stereocenters. The largest absolute Gasteiger partial charge is 0.256 e. The molecular weight excluding hydrogens is 386 g/mol. The number of benzene rings is 2. The first-order valence-electron chi connectivity index (χ1n) is 9.02. The van der Waals surface area contributed by atoms with Gasteiger partial charge in [0.2, 0.25) is 0 Å². The van der Waals surface area contributed by atoms with E-state index in [1.807, 2.05) is 12.3 Å². The van der Waals surface area contributed by atoms with Crippen LogP contribution in [0.1, 0.15) is 36.5 Å². The van der Waals surface area contributed by atoms with Crippen molar-refractivity contribution >= 4 is 38.1 Å². The molecule has 0 spiro atoms. The average molecular weight is 408 g/mol. The maximum absolute atomic E-state index is 4.70. The standard InChI is InChI=1S/C22H22BrNSi/c1-3-25(23,4-2)21-15-20(17-11-5-6-12-18(17)21)19-13-7-9-16-10-8-14-24-22(16)19/h5-15,20H,3-4H2,1-2H3. The molecule has 1 aliphatic carbocycles. The van der Waals surface area contributed by atoms with Crippen LogP contribution in [0.25, 0.3) is 16.1 Å². The maximum Gasteiger partial charge on any atom is 0.160 e. The van der Waals surface area contributed by atoms with Gasteiger partial charge in [-0.15, -0.1) is 15.3 Å². The van der Waals surface area contributed by atoms with E-state index in [0.29, 0.717) is 5.92 Å². The van der Waals surface area contributed by atoms with Crippen LogP contribution in [0, 0.1) is 0 Å². The fraction of sp³-hybridized carbons (Fsp3) is 0.227. The van der Waals surface area contributed by atoms with Crippen molar-refractivity contribution < 1.29 is 0 Å². The first-order valence-corrected chi connectivity index (χ1v) is 13.7. The van der Waals surface area contributed by atoms with Gasteiger partial charge in [0.1, 0.15) is 0 Å². The van der Waals surface area contributed by atoms with Crippen LogP contribution in [0.15, 0.2) is 66.9 Å². The number of pyridine rings is 1. The van der Waals surface area contributed by atoms with Gasteiger partial charge < -0.3 is 0 Å². The highest BCUT2D eigenvalue weighted by molar-refractivity contribution is 9.26. The molecule has 126 valence electrons. The third-order valence-corrected chi connectivity index (χ3v) is 13.8. The van der Waals surface area contributed by atoms with Gasteiger partial charge in [0.05, 0.1) is 5.52 Å². The van der Waals surface area contributed by atoms with Crippen LogP contribution in [-0.2, 0) is 0 Å². The molecule has 0 bridgehead atoms. The summed E-state index contributed by atoms with van der Waals surface area (Å²) in [5, 5.41) is 2.78. The number of allylic oxidation sites excluding steroid dienone is 1. The Morgan fingerprint density at radius 1 is 0.920 bits per heavy atom.